The second-order valence-electron chi connectivity index (χ2n) is 5.09. The zero-order valence-corrected chi connectivity index (χ0v) is 11.5. The van der Waals surface area contributed by atoms with Crippen LogP contribution in [-0.2, 0) is 17.7 Å². The molecule has 1 N–H and O–H groups in total. The van der Waals surface area contributed by atoms with E-state index in [0.717, 1.165) is 39.1 Å². The SMILES string of the molecule is COC(C)Cc1ccc(CN2CCNCC2)cc1. The van der Waals surface area contributed by atoms with Gasteiger partial charge in [0.2, 0.25) is 0 Å². The molecule has 0 aromatic heterocycles. The van der Waals surface area contributed by atoms with E-state index in [9.17, 15) is 0 Å². The van der Waals surface area contributed by atoms with E-state index in [2.05, 4.69) is 41.4 Å². The Kier molecular flexibility index (Phi) is 5.17. The van der Waals surface area contributed by atoms with E-state index in [0.29, 0.717) is 6.10 Å². The predicted molar refractivity (Wildman–Crippen MR) is 74.8 cm³/mol. The summed E-state index contributed by atoms with van der Waals surface area (Å²) >= 11 is 0. The number of hydrogen-bond donors (Lipinski definition) is 1. The van der Waals surface area contributed by atoms with Gasteiger partial charge in [0.25, 0.3) is 0 Å². The highest BCUT2D eigenvalue weighted by Crippen LogP contribution is 2.10. The lowest BCUT2D eigenvalue weighted by Crippen LogP contribution is -2.42. The van der Waals surface area contributed by atoms with Crippen LogP contribution < -0.4 is 5.32 Å². The molecule has 3 nitrogen and oxygen atoms in total. The average molecular weight is 248 g/mol. The lowest BCUT2D eigenvalue weighted by atomic mass is 10.1. The van der Waals surface area contributed by atoms with E-state index in [-0.39, 0.29) is 0 Å². The summed E-state index contributed by atoms with van der Waals surface area (Å²) in [4.78, 5) is 2.50. The standard InChI is InChI=1S/C15H24N2O/c1-13(18-2)11-14-3-5-15(6-4-14)12-17-9-7-16-8-10-17/h3-6,13,16H,7-12H2,1-2H3. The Hall–Kier alpha value is -0.900. The molecule has 1 aliphatic rings. The normalized spacial score (nSPS) is 18.8. The summed E-state index contributed by atoms with van der Waals surface area (Å²) in [5.74, 6) is 0. The second kappa shape index (κ2) is 6.88. The molecule has 18 heavy (non-hydrogen) atoms. The molecule has 2 rings (SSSR count). The highest BCUT2D eigenvalue weighted by molar-refractivity contribution is 5.23. The molecule has 1 heterocycles. The monoisotopic (exact) mass is 248 g/mol. The maximum absolute atomic E-state index is 5.29. The van der Waals surface area contributed by atoms with E-state index in [1.165, 1.54) is 11.1 Å². The Bertz CT molecular complexity index is 344. The minimum absolute atomic E-state index is 0.295. The van der Waals surface area contributed by atoms with Crippen molar-refractivity contribution in [2.45, 2.75) is 26.0 Å². The molecule has 1 saturated heterocycles. The number of nitrogens with one attached hydrogen (secondary N) is 1. The van der Waals surface area contributed by atoms with E-state index >= 15 is 0 Å². The van der Waals surface area contributed by atoms with Gasteiger partial charge in [-0.05, 0) is 24.5 Å². The van der Waals surface area contributed by atoms with Gasteiger partial charge in [0.05, 0.1) is 6.10 Å². The molecular formula is C15H24N2O. The molecule has 0 bridgehead atoms. The topological polar surface area (TPSA) is 24.5 Å². The maximum atomic E-state index is 5.29. The van der Waals surface area contributed by atoms with Crippen molar-refractivity contribution >= 4 is 0 Å². The van der Waals surface area contributed by atoms with Gasteiger partial charge in [0.1, 0.15) is 0 Å². The minimum Gasteiger partial charge on any atom is -0.381 e. The van der Waals surface area contributed by atoms with Gasteiger partial charge in [-0.25, -0.2) is 0 Å². The van der Waals surface area contributed by atoms with Gasteiger partial charge in [-0.2, -0.15) is 0 Å². The third kappa shape index (κ3) is 4.09. The molecule has 1 aliphatic heterocycles. The van der Waals surface area contributed by atoms with Crippen LogP contribution in [0.5, 0.6) is 0 Å². The van der Waals surface area contributed by atoms with Gasteiger partial charge in [0, 0.05) is 39.8 Å². The van der Waals surface area contributed by atoms with Crippen molar-refractivity contribution in [1.29, 1.82) is 0 Å². The number of nitrogens with zero attached hydrogens (tertiary/aromatic N) is 1. The van der Waals surface area contributed by atoms with Crippen LogP contribution in [0.4, 0.5) is 0 Å². The molecule has 0 saturated carbocycles. The third-order valence-corrected chi connectivity index (χ3v) is 3.56. The molecule has 0 radical (unpaired) electrons. The number of piperazine rings is 1. The molecule has 1 unspecified atom stereocenters. The summed E-state index contributed by atoms with van der Waals surface area (Å²) in [5, 5.41) is 3.38. The molecule has 0 amide bonds. The van der Waals surface area contributed by atoms with Crippen molar-refractivity contribution in [3.8, 4) is 0 Å². The highest BCUT2D eigenvalue weighted by atomic mass is 16.5. The van der Waals surface area contributed by atoms with Crippen LogP contribution in [0.2, 0.25) is 0 Å². The average Bonchev–Trinajstić information content (AvgIpc) is 2.42. The number of methoxy groups -OCH3 is 1. The van der Waals surface area contributed by atoms with Crippen molar-refractivity contribution in [2.24, 2.45) is 0 Å². The lowest BCUT2D eigenvalue weighted by molar-refractivity contribution is 0.119. The van der Waals surface area contributed by atoms with Crippen molar-refractivity contribution in [3.63, 3.8) is 0 Å². The van der Waals surface area contributed by atoms with E-state index < -0.39 is 0 Å². The van der Waals surface area contributed by atoms with Gasteiger partial charge in [-0.1, -0.05) is 24.3 Å². The first-order valence-corrected chi connectivity index (χ1v) is 6.81. The Morgan fingerprint density at radius 3 is 2.39 bits per heavy atom. The number of hydrogen-bond acceptors (Lipinski definition) is 3. The zero-order valence-electron chi connectivity index (χ0n) is 11.5. The summed E-state index contributed by atoms with van der Waals surface area (Å²) in [7, 11) is 1.77. The van der Waals surface area contributed by atoms with Crippen molar-refractivity contribution in [3.05, 3.63) is 35.4 Å². The van der Waals surface area contributed by atoms with Gasteiger partial charge < -0.3 is 10.1 Å². The lowest BCUT2D eigenvalue weighted by Gasteiger charge is -2.27. The first kappa shape index (κ1) is 13.5. The van der Waals surface area contributed by atoms with Crippen LogP contribution in [0.25, 0.3) is 0 Å². The van der Waals surface area contributed by atoms with Gasteiger partial charge in [-0.3, -0.25) is 4.90 Å². The Balaban J connectivity index is 1.86. The Morgan fingerprint density at radius 1 is 1.17 bits per heavy atom. The molecule has 1 aromatic rings. The zero-order chi connectivity index (χ0) is 12.8. The van der Waals surface area contributed by atoms with E-state index in [4.69, 9.17) is 4.74 Å². The Morgan fingerprint density at radius 2 is 1.78 bits per heavy atom. The van der Waals surface area contributed by atoms with Crippen molar-refractivity contribution < 1.29 is 4.74 Å². The quantitative estimate of drug-likeness (QED) is 0.858. The molecule has 3 heteroatoms. The fourth-order valence-corrected chi connectivity index (χ4v) is 2.32. The fraction of sp³-hybridized carbons (Fsp3) is 0.600. The second-order valence-corrected chi connectivity index (χ2v) is 5.09. The third-order valence-electron chi connectivity index (χ3n) is 3.56. The van der Waals surface area contributed by atoms with Crippen LogP contribution in [-0.4, -0.2) is 44.3 Å². The van der Waals surface area contributed by atoms with Crippen LogP contribution >= 0.6 is 0 Å². The summed E-state index contributed by atoms with van der Waals surface area (Å²) in [6.07, 6.45) is 1.29. The van der Waals surface area contributed by atoms with Crippen LogP contribution in [0.3, 0.4) is 0 Å². The fourth-order valence-electron chi connectivity index (χ4n) is 2.32. The van der Waals surface area contributed by atoms with Crippen LogP contribution in [0.15, 0.2) is 24.3 Å². The summed E-state index contributed by atoms with van der Waals surface area (Å²) < 4.78 is 5.29. The smallest absolute Gasteiger partial charge is 0.0583 e. The molecule has 0 aliphatic carbocycles. The van der Waals surface area contributed by atoms with Crippen LogP contribution in [0.1, 0.15) is 18.1 Å². The minimum atomic E-state index is 0.295. The highest BCUT2D eigenvalue weighted by Gasteiger charge is 2.09. The number of ether oxygens (including phenoxy) is 1. The molecule has 100 valence electrons. The largest absolute Gasteiger partial charge is 0.381 e. The molecule has 1 fully saturated rings. The van der Waals surface area contributed by atoms with Crippen LogP contribution in [0, 0.1) is 0 Å². The summed E-state index contributed by atoms with van der Waals surface area (Å²) in [6.45, 7) is 7.72. The van der Waals surface area contributed by atoms with Gasteiger partial charge in [0.15, 0.2) is 0 Å². The summed E-state index contributed by atoms with van der Waals surface area (Å²) in [6, 6.07) is 8.96. The maximum Gasteiger partial charge on any atom is 0.0583 e. The van der Waals surface area contributed by atoms with E-state index in [1.807, 2.05) is 0 Å². The Labute approximate surface area is 110 Å². The van der Waals surface area contributed by atoms with Gasteiger partial charge >= 0.3 is 0 Å². The molecular weight excluding hydrogens is 224 g/mol. The number of benzene rings is 1. The molecule has 0 spiro atoms. The first-order chi connectivity index (χ1) is 8.78. The van der Waals surface area contributed by atoms with E-state index in [1.54, 1.807) is 7.11 Å². The summed E-state index contributed by atoms with van der Waals surface area (Å²) in [5.41, 5.74) is 2.76. The molecule has 1 aromatic carbocycles. The van der Waals surface area contributed by atoms with Crippen molar-refractivity contribution in [2.75, 3.05) is 33.3 Å². The van der Waals surface area contributed by atoms with Gasteiger partial charge in [-0.15, -0.1) is 0 Å². The number of rotatable bonds is 5. The molecule has 1 atom stereocenters. The first-order valence-electron chi connectivity index (χ1n) is 6.81. The van der Waals surface area contributed by atoms with Crippen molar-refractivity contribution in [1.82, 2.24) is 10.2 Å². The predicted octanol–water partition coefficient (Wildman–Crippen LogP) is 1.67.